The number of rotatable bonds is 9. The van der Waals surface area contributed by atoms with Gasteiger partial charge in [0.1, 0.15) is 0 Å². The summed E-state index contributed by atoms with van der Waals surface area (Å²) in [5, 5.41) is 14.8. The monoisotopic (exact) mass is 401 g/mol. The van der Waals surface area contributed by atoms with E-state index in [4.69, 9.17) is 5.11 Å². The zero-order chi connectivity index (χ0) is 20.8. The van der Waals surface area contributed by atoms with Crippen LogP contribution in [0.2, 0.25) is 0 Å². The van der Waals surface area contributed by atoms with Crippen molar-refractivity contribution in [3.05, 3.63) is 35.9 Å². The van der Waals surface area contributed by atoms with Gasteiger partial charge < -0.3 is 15.7 Å². The van der Waals surface area contributed by atoms with Gasteiger partial charge in [-0.3, -0.25) is 19.3 Å². The molecule has 2 bridgehead atoms. The smallest absolute Gasteiger partial charge is 0.303 e. The van der Waals surface area contributed by atoms with E-state index >= 15 is 0 Å². The Labute approximate surface area is 171 Å². The summed E-state index contributed by atoms with van der Waals surface area (Å²) in [6.07, 6.45) is 5.12. The Morgan fingerprint density at radius 2 is 1.86 bits per heavy atom. The summed E-state index contributed by atoms with van der Waals surface area (Å²) in [6.45, 7) is 0.536. The van der Waals surface area contributed by atoms with Crippen molar-refractivity contribution in [3.63, 3.8) is 0 Å². The van der Waals surface area contributed by atoms with Gasteiger partial charge in [0.25, 0.3) is 5.91 Å². The van der Waals surface area contributed by atoms with Gasteiger partial charge in [0, 0.05) is 36.7 Å². The van der Waals surface area contributed by atoms with E-state index in [0.29, 0.717) is 24.6 Å². The number of amides is 2. The average Bonchev–Trinajstić information content (AvgIpc) is 2.94. The minimum atomic E-state index is -0.785. The van der Waals surface area contributed by atoms with Crippen molar-refractivity contribution in [2.24, 2.45) is 5.92 Å². The van der Waals surface area contributed by atoms with Crippen LogP contribution in [0.5, 0.6) is 0 Å². The van der Waals surface area contributed by atoms with Gasteiger partial charge in [0.2, 0.25) is 5.91 Å². The molecule has 29 heavy (non-hydrogen) atoms. The zero-order valence-corrected chi connectivity index (χ0v) is 17.0. The number of carbonyl (C=O) groups excluding carboxylic acids is 2. The second-order valence-corrected chi connectivity index (χ2v) is 8.17. The Morgan fingerprint density at radius 1 is 1.10 bits per heavy atom. The summed E-state index contributed by atoms with van der Waals surface area (Å²) < 4.78 is 0. The highest BCUT2D eigenvalue weighted by molar-refractivity contribution is 5.95. The lowest BCUT2D eigenvalue weighted by Gasteiger charge is -2.42. The number of fused-ring (bicyclic) bond motifs is 2. The average molecular weight is 402 g/mol. The van der Waals surface area contributed by atoms with E-state index in [2.05, 4.69) is 22.6 Å². The molecule has 3 rings (SSSR count). The number of nitrogens with zero attached hydrogens (tertiary/aromatic N) is 1. The Balaban J connectivity index is 1.58. The highest BCUT2D eigenvalue weighted by Crippen LogP contribution is 2.38. The van der Waals surface area contributed by atoms with Gasteiger partial charge in [-0.1, -0.05) is 24.6 Å². The molecule has 1 aromatic rings. The number of aliphatic carboxylic acids is 1. The molecule has 3 unspecified atom stereocenters. The molecule has 2 amide bonds. The largest absolute Gasteiger partial charge is 0.481 e. The third kappa shape index (κ3) is 5.35. The van der Waals surface area contributed by atoms with E-state index in [9.17, 15) is 14.4 Å². The van der Waals surface area contributed by atoms with Crippen LogP contribution in [0.1, 0.15) is 55.3 Å². The van der Waals surface area contributed by atoms with Crippen molar-refractivity contribution in [1.29, 1.82) is 0 Å². The van der Waals surface area contributed by atoms with Crippen LogP contribution in [0.25, 0.3) is 0 Å². The van der Waals surface area contributed by atoms with E-state index in [-0.39, 0.29) is 36.2 Å². The molecule has 2 aliphatic rings. The zero-order valence-electron chi connectivity index (χ0n) is 17.0. The van der Waals surface area contributed by atoms with Gasteiger partial charge >= 0.3 is 5.97 Å². The van der Waals surface area contributed by atoms with Gasteiger partial charge in [-0.2, -0.15) is 0 Å². The van der Waals surface area contributed by atoms with Crippen LogP contribution in [0, 0.1) is 5.92 Å². The molecule has 0 saturated carbocycles. The van der Waals surface area contributed by atoms with Gasteiger partial charge in [-0.25, -0.2) is 0 Å². The molecule has 2 fully saturated rings. The van der Waals surface area contributed by atoms with Gasteiger partial charge in [0.05, 0.1) is 5.92 Å². The van der Waals surface area contributed by atoms with Crippen LogP contribution in [-0.4, -0.2) is 59.5 Å². The lowest BCUT2D eigenvalue weighted by molar-refractivity contribution is -0.137. The first-order chi connectivity index (χ1) is 14.0. The summed E-state index contributed by atoms with van der Waals surface area (Å²) in [6, 6.07) is 9.48. The number of carboxylic acid groups (broad SMARTS) is 1. The fraction of sp³-hybridized carbons (Fsp3) is 0.591. The second-order valence-electron chi connectivity index (χ2n) is 8.17. The first-order valence-corrected chi connectivity index (χ1v) is 10.5. The Kier molecular flexibility index (Phi) is 7.25. The first kappa shape index (κ1) is 21.3. The number of piperidine rings is 1. The molecule has 0 aliphatic carbocycles. The maximum absolute atomic E-state index is 13.0. The summed E-state index contributed by atoms with van der Waals surface area (Å²) >= 11 is 0. The molecule has 7 nitrogen and oxygen atoms in total. The molecular weight excluding hydrogens is 370 g/mol. The summed E-state index contributed by atoms with van der Waals surface area (Å²) in [5.41, 5.74) is 0.608. The van der Waals surface area contributed by atoms with Gasteiger partial charge in [-0.05, 0) is 51.3 Å². The summed E-state index contributed by atoms with van der Waals surface area (Å²) in [5.74, 6) is -1.21. The Hall–Kier alpha value is -2.41. The normalized spacial score (nSPS) is 26.1. The summed E-state index contributed by atoms with van der Waals surface area (Å²) in [7, 11) is 2.07. The molecular formula is C22H31N3O4. The maximum atomic E-state index is 13.0. The number of carbonyl (C=O) groups is 3. The second kappa shape index (κ2) is 9.87. The molecule has 0 aromatic heterocycles. The molecule has 2 aliphatic heterocycles. The van der Waals surface area contributed by atoms with Crippen LogP contribution in [0.15, 0.2) is 30.3 Å². The van der Waals surface area contributed by atoms with E-state index in [1.54, 1.807) is 12.1 Å². The van der Waals surface area contributed by atoms with E-state index in [1.165, 1.54) is 0 Å². The number of hydrogen-bond donors (Lipinski definition) is 3. The molecule has 4 atom stereocenters. The molecule has 0 radical (unpaired) electrons. The summed E-state index contributed by atoms with van der Waals surface area (Å²) in [4.78, 5) is 38.6. The lowest BCUT2D eigenvalue weighted by Crippen LogP contribution is -2.59. The fourth-order valence-electron chi connectivity index (χ4n) is 4.72. The Morgan fingerprint density at radius 3 is 2.59 bits per heavy atom. The van der Waals surface area contributed by atoms with Crippen molar-refractivity contribution in [2.75, 3.05) is 13.6 Å². The van der Waals surface area contributed by atoms with Crippen LogP contribution >= 0.6 is 0 Å². The van der Waals surface area contributed by atoms with E-state index < -0.39 is 5.97 Å². The van der Waals surface area contributed by atoms with Crippen LogP contribution in [-0.2, 0) is 9.59 Å². The number of unbranched alkanes of at least 4 members (excludes halogenated alkanes) is 2. The minimum absolute atomic E-state index is 0.0150. The topological polar surface area (TPSA) is 98.7 Å². The third-order valence-electron chi connectivity index (χ3n) is 6.29. The predicted octanol–water partition coefficient (Wildman–Crippen LogP) is 2.03. The molecule has 7 heteroatoms. The van der Waals surface area contributed by atoms with Crippen molar-refractivity contribution in [3.8, 4) is 0 Å². The number of hydrogen-bond acceptors (Lipinski definition) is 4. The van der Waals surface area contributed by atoms with Crippen LogP contribution in [0.3, 0.4) is 0 Å². The SMILES string of the molecule is CN1C2CC[C@@H]1C(C(=O)NCCCCCC(=O)O)C(NC(=O)c1ccccc1)C2. The number of benzene rings is 1. The Bertz CT molecular complexity index is 724. The predicted molar refractivity (Wildman–Crippen MR) is 109 cm³/mol. The minimum Gasteiger partial charge on any atom is -0.481 e. The van der Waals surface area contributed by atoms with Crippen molar-refractivity contribution in [2.45, 2.75) is 63.1 Å². The molecule has 2 heterocycles. The molecule has 3 N–H and O–H groups in total. The van der Waals surface area contributed by atoms with Crippen molar-refractivity contribution < 1.29 is 19.5 Å². The standard InChI is InChI=1S/C22H31N3O4/c1-25-16-11-12-18(25)20(22(29)23-13-7-3-6-10-19(26)27)17(14-16)24-21(28)15-8-4-2-5-9-15/h2,4-5,8-9,16-18,20H,3,6-7,10-14H2,1H3,(H,23,29)(H,24,28)(H,26,27)/t16?,17?,18-,20?/m1/s1. The van der Waals surface area contributed by atoms with Crippen LogP contribution < -0.4 is 10.6 Å². The number of carboxylic acids is 1. The molecule has 158 valence electrons. The van der Waals surface area contributed by atoms with Crippen LogP contribution in [0.4, 0.5) is 0 Å². The molecule has 1 aromatic carbocycles. The highest BCUT2D eigenvalue weighted by atomic mass is 16.4. The third-order valence-corrected chi connectivity index (χ3v) is 6.29. The van der Waals surface area contributed by atoms with E-state index in [0.717, 1.165) is 32.1 Å². The van der Waals surface area contributed by atoms with Gasteiger partial charge in [0.15, 0.2) is 0 Å². The van der Waals surface area contributed by atoms with E-state index in [1.807, 2.05) is 18.2 Å². The molecule has 0 spiro atoms. The number of nitrogens with one attached hydrogen (secondary N) is 2. The lowest BCUT2D eigenvalue weighted by atomic mass is 9.84. The maximum Gasteiger partial charge on any atom is 0.303 e. The molecule has 2 saturated heterocycles. The van der Waals surface area contributed by atoms with Crippen molar-refractivity contribution in [1.82, 2.24) is 15.5 Å². The highest BCUT2D eigenvalue weighted by Gasteiger charge is 2.49. The fourth-order valence-corrected chi connectivity index (χ4v) is 4.72. The quantitative estimate of drug-likeness (QED) is 0.550. The van der Waals surface area contributed by atoms with Crippen molar-refractivity contribution >= 4 is 17.8 Å². The van der Waals surface area contributed by atoms with Gasteiger partial charge in [-0.15, -0.1) is 0 Å². The first-order valence-electron chi connectivity index (χ1n) is 10.5.